The van der Waals surface area contributed by atoms with Gasteiger partial charge in [0.05, 0.1) is 36.0 Å². The monoisotopic (exact) mass is 426 g/mol. The number of nitrogens with zero attached hydrogens (tertiary/aromatic N) is 1. The van der Waals surface area contributed by atoms with E-state index in [1.165, 1.54) is 16.4 Å². The number of hydrogen-bond donors (Lipinski definition) is 1. The van der Waals surface area contributed by atoms with E-state index in [0.29, 0.717) is 37.7 Å². The van der Waals surface area contributed by atoms with Crippen LogP contribution in [0.3, 0.4) is 0 Å². The van der Waals surface area contributed by atoms with Gasteiger partial charge >= 0.3 is 0 Å². The van der Waals surface area contributed by atoms with Crippen molar-refractivity contribution in [3.63, 3.8) is 0 Å². The fourth-order valence-electron chi connectivity index (χ4n) is 3.49. The maximum Gasteiger partial charge on any atom is 0.250 e. The van der Waals surface area contributed by atoms with Crippen LogP contribution in [0, 0.1) is 0 Å². The van der Waals surface area contributed by atoms with Crippen molar-refractivity contribution in [1.82, 2.24) is 4.31 Å². The van der Waals surface area contributed by atoms with Gasteiger partial charge in [0.15, 0.2) is 0 Å². The Bertz CT molecular complexity index is 799. The third kappa shape index (κ3) is 5.91. The zero-order chi connectivity index (χ0) is 20.9. The van der Waals surface area contributed by atoms with Gasteiger partial charge in [-0.1, -0.05) is 12.8 Å². The fraction of sp³-hybridized carbons (Fsp3) is 0.650. The molecule has 0 aromatic heterocycles. The Kier molecular flexibility index (Phi) is 7.50. The molecule has 0 unspecified atom stereocenters. The molecular formula is C20H30N2O6S. The highest BCUT2D eigenvalue weighted by Crippen LogP contribution is 2.30. The molecule has 1 aliphatic heterocycles. The number of benzene rings is 1. The summed E-state index contributed by atoms with van der Waals surface area (Å²) in [5.74, 6) is 0.0987. The zero-order valence-corrected chi connectivity index (χ0v) is 17.9. The van der Waals surface area contributed by atoms with Gasteiger partial charge in [0, 0.05) is 13.1 Å². The van der Waals surface area contributed by atoms with E-state index in [4.69, 9.17) is 14.2 Å². The second-order valence-electron chi connectivity index (χ2n) is 7.61. The van der Waals surface area contributed by atoms with E-state index in [-0.39, 0.29) is 29.6 Å². The molecule has 0 radical (unpaired) electrons. The van der Waals surface area contributed by atoms with Crippen LogP contribution in [0.2, 0.25) is 0 Å². The molecule has 9 heteroatoms. The maximum atomic E-state index is 13.0. The summed E-state index contributed by atoms with van der Waals surface area (Å²) < 4.78 is 43.9. The van der Waals surface area contributed by atoms with E-state index in [0.717, 1.165) is 25.7 Å². The number of ether oxygens (including phenoxy) is 3. The summed E-state index contributed by atoms with van der Waals surface area (Å²) in [6, 6.07) is 4.55. The molecule has 0 atom stereocenters. The van der Waals surface area contributed by atoms with Crippen LogP contribution in [0.4, 0.5) is 5.69 Å². The Morgan fingerprint density at radius 3 is 2.59 bits per heavy atom. The number of morpholine rings is 1. The van der Waals surface area contributed by atoms with E-state index in [1.807, 2.05) is 13.8 Å². The van der Waals surface area contributed by atoms with Crippen molar-refractivity contribution in [3.05, 3.63) is 18.2 Å². The molecular weight excluding hydrogens is 396 g/mol. The van der Waals surface area contributed by atoms with Gasteiger partial charge in [-0.2, -0.15) is 4.31 Å². The number of sulfonamides is 1. The first-order valence-electron chi connectivity index (χ1n) is 10.2. The van der Waals surface area contributed by atoms with Crippen LogP contribution in [0.25, 0.3) is 0 Å². The molecule has 3 rings (SSSR count). The Morgan fingerprint density at radius 1 is 1.24 bits per heavy atom. The number of carbonyl (C=O) groups excluding carboxylic acids is 1. The molecule has 0 bridgehead atoms. The van der Waals surface area contributed by atoms with Crippen LogP contribution in [0.1, 0.15) is 39.5 Å². The number of hydrogen-bond acceptors (Lipinski definition) is 6. The molecule has 1 aromatic rings. The van der Waals surface area contributed by atoms with Crippen LogP contribution in [0.5, 0.6) is 5.75 Å². The Balaban J connectivity index is 1.76. The van der Waals surface area contributed by atoms with Gasteiger partial charge < -0.3 is 19.5 Å². The number of nitrogens with one attached hydrogen (secondary N) is 1. The third-order valence-electron chi connectivity index (χ3n) is 4.95. The van der Waals surface area contributed by atoms with Gasteiger partial charge in [-0.25, -0.2) is 8.42 Å². The lowest BCUT2D eigenvalue weighted by Crippen LogP contribution is -2.40. The third-order valence-corrected chi connectivity index (χ3v) is 6.84. The maximum absolute atomic E-state index is 13.0. The Labute approximate surface area is 172 Å². The van der Waals surface area contributed by atoms with Crippen molar-refractivity contribution in [3.8, 4) is 5.75 Å². The first-order chi connectivity index (χ1) is 13.9. The van der Waals surface area contributed by atoms with Crippen molar-refractivity contribution in [2.24, 2.45) is 0 Å². The molecule has 1 aromatic carbocycles. The van der Waals surface area contributed by atoms with E-state index in [9.17, 15) is 13.2 Å². The van der Waals surface area contributed by atoms with E-state index in [2.05, 4.69) is 5.32 Å². The van der Waals surface area contributed by atoms with Gasteiger partial charge in [-0.15, -0.1) is 0 Å². The number of carbonyl (C=O) groups is 1. The molecule has 1 aliphatic carbocycles. The normalized spacial score (nSPS) is 18.9. The lowest BCUT2D eigenvalue weighted by Gasteiger charge is -2.26. The molecule has 1 saturated heterocycles. The first-order valence-corrected chi connectivity index (χ1v) is 11.6. The van der Waals surface area contributed by atoms with Gasteiger partial charge in [-0.3, -0.25) is 4.79 Å². The summed E-state index contributed by atoms with van der Waals surface area (Å²) in [6.45, 7) is 5.03. The average molecular weight is 427 g/mol. The lowest BCUT2D eigenvalue weighted by atomic mass is 10.2. The molecule has 162 valence electrons. The SMILES string of the molecule is CC(C)Oc1ccc(S(=O)(=O)N2CCOCC2)cc1NC(=O)COC1CCCC1. The second kappa shape index (κ2) is 9.88. The van der Waals surface area contributed by atoms with Gasteiger partial charge in [0.1, 0.15) is 12.4 Å². The minimum atomic E-state index is -3.68. The standard InChI is InChI=1S/C20H30N2O6S/c1-15(2)28-19-8-7-17(29(24,25)22-9-11-26-12-10-22)13-18(19)21-20(23)14-27-16-5-3-4-6-16/h7-8,13,15-16H,3-6,9-12,14H2,1-2H3,(H,21,23). The van der Waals surface area contributed by atoms with Gasteiger partial charge in [0.2, 0.25) is 15.9 Å². The predicted molar refractivity (Wildman–Crippen MR) is 109 cm³/mol. The van der Waals surface area contributed by atoms with Crippen LogP contribution in [-0.2, 0) is 24.3 Å². The molecule has 2 fully saturated rings. The van der Waals surface area contributed by atoms with E-state index < -0.39 is 10.0 Å². The molecule has 1 amide bonds. The summed E-state index contributed by atoms with van der Waals surface area (Å²) in [5, 5.41) is 2.76. The Hall–Kier alpha value is -1.68. The summed E-state index contributed by atoms with van der Waals surface area (Å²) in [7, 11) is -3.68. The smallest absolute Gasteiger partial charge is 0.250 e. The van der Waals surface area contributed by atoms with Crippen LogP contribution < -0.4 is 10.1 Å². The largest absolute Gasteiger partial charge is 0.489 e. The van der Waals surface area contributed by atoms with E-state index in [1.54, 1.807) is 6.07 Å². The first kappa shape index (κ1) is 22.0. The second-order valence-corrected chi connectivity index (χ2v) is 9.54. The van der Waals surface area contributed by atoms with Crippen molar-refractivity contribution in [2.75, 3.05) is 38.2 Å². The molecule has 29 heavy (non-hydrogen) atoms. The minimum absolute atomic E-state index is 0.0633. The molecule has 1 N–H and O–H groups in total. The minimum Gasteiger partial charge on any atom is -0.489 e. The summed E-state index contributed by atoms with van der Waals surface area (Å²) in [5.41, 5.74) is 0.327. The Morgan fingerprint density at radius 2 is 1.93 bits per heavy atom. The van der Waals surface area contributed by atoms with Crippen molar-refractivity contribution >= 4 is 21.6 Å². The highest BCUT2D eigenvalue weighted by atomic mass is 32.2. The van der Waals surface area contributed by atoms with Gasteiger partial charge in [-0.05, 0) is 44.9 Å². The van der Waals surface area contributed by atoms with Gasteiger partial charge in [0.25, 0.3) is 0 Å². The highest BCUT2D eigenvalue weighted by molar-refractivity contribution is 7.89. The van der Waals surface area contributed by atoms with Crippen LogP contribution in [0.15, 0.2) is 23.1 Å². The molecule has 1 heterocycles. The molecule has 1 saturated carbocycles. The lowest BCUT2D eigenvalue weighted by molar-refractivity contribution is -0.122. The van der Waals surface area contributed by atoms with E-state index >= 15 is 0 Å². The summed E-state index contributed by atoms with van der Waals surface area (Å²) in [4.78, 5) is 12.5. The molecule has 8 nitrogen and oxygen atoms in total. The van der Waals surface area contributed by atoms with Crippen molar-refractivity contribution < 1.29 is 27.4 Å². The number of anilines is 1. The zero-order valence-electron chi connectivity index (χ0n) is 17.1. The highest BCUT2D eigenvalue weighted by Gasteiger charge is 2.27. The van der Waals surface area contributed by atoms with Crippen LogP contribution in [-0.4, -0.2) is 63.7 Å². The van der Waals surface area contributed by atoms with Crippen molar-refractivity contribution in [1.29, 1.82) is 0 Å². The molecule has 0 spiro atoms. The summed E-state index contributed by atoms with van der Waals surface area (Å²) in [6.07, 6.45) is 4.20. The number of amides is 1. The fourth-order valence-corrected chi connectivity index (χ4v) is 4.93. The predicted octanol–water partition coefficient (Wildman–Crippen LogP) is 2.39. The van der Waals surface area contributed by atoms with Crippen LogP contribution >= 0.6 is 0 Å². The quantitative estimate of drug-likeness (QED) is 0.686. The number of rotatable bonds is 8. The van der Waals surface area contributed by atoms with Crippen molar-refractivity contribution in [2.45, 2.75) is 56.6 Å². The topological polar surface area (TPSA) is 94.2 Å². The summed E-state index contributed by atoms with van der Waals surface area (Å²) >= 11 is 0. The molecule has 2 aliphatic rings. The average Bonchev–Trinajstić information content (AvgIpc) is 3.21.